The van der Waals surface area contributed by atoms with Crippen molar-refractivity contribution in [3.63, 3.8) is 0 Å². The molecule has 2 aromatic heterocycles. The number of benzene rings is 1. The highest BCUT2D eigenvalue weighted by molar-refractivity contribution is 5.85. The van der Waals surface area contributed by atoms with Crippen molar-refractivity contribution in [1.82, 2.24) is 10.1 Å². The summed E-state index contributed by atoms with van der Waals surface area (Å²) in [4.78, 5) is 4.24. The molecule has 4 nitrogen and oxygen atoms in total. The molecule has 2 N–H and O–H groups in total. The van der Waals surface area contributed by atoms with Gasteiger partial charge in [0.2, 0.25) is 5.88 Å². The zero-order chi connectivity index (χ0) is 14.1. The van der Waals surface area contributed by atoms with Crippen LogP contribution in [0.4, 0.5) is 10.3 Å². The number of hydrogen-bond donors (Lipinski definition) is 1. The number of nitrogen functional groups attached to an aromatic ring is 1. The van der Waals surface area contributed by atoms with Crippen LogP contribution in [-0.4, -0.2) is 10.1 Å². The van der Waals surface area contributed by atoms with E-state index < -0.39 is 0 Å². The van der Waals surface area contributed by atoms with Crippen molar-refractivity contribution >= 4 is 5.88 Å². The van der Waals surface area contributed by atoms with E-state index in [-0.39, 0.29) is 11.7 Å². The van der Waals surface area contributed by atoms with E-state index in [1.165, 1.54) is 12.1 Å². The van der Waals surface area contributed by atoms with Gasteiger partial charge in [-0.1, -0.05) is 11.2 Å². The van der Waals surface area contributed by atoms with Crippen LogP contribution in [0.5, 0.6) is 0 Å². The lowest BCUT2D eigenvalue weighted by molar-refractivity contribution is 0.439. The fourth-order valence-corrected chi connectivity index (χ4v) is 2.13. The second-order valence-electron chi connectivity index (χ2n) is 4.50. The number of nitrogens with zero attached hydrogens (tertiary/aromatic N) is 2. The van der Waals surface area contributed by atoms with Gasteiger partial charge >= 0.3 is 0 Å². The first-order valence-electron chi connectivity index (χ1n) is 6.09. The van der Waals surface area contributed by atoms with Crippen LogP contribution in [0.2, 0.25) is 0 Å². The Morgan fingerprint density at radius 2 is 2.05 bits per heavy atom. The van der Waals surface area contributed by atoms with Crippen LogP contribution in [0, 0.1) is 12.7 Å². The van der Waals surface area contributed by atoms with Crippen molar-refractivity contribution in [3.8, 4) is 22.5 Å². The third-order valence-electron chi connectivity index (χ3n) is 2.96. The summed E-state index contributed by atoms with van der Waals surface area (Å²) in [6.45, 7) is 1.82. The monoisotopic (exact) mass is 269 g/mol. The molecule has 0 bridgehead atoms. The molecule has 0 aliphatic carbocycles. The van der Waals surface area contributed by atoms with Crippen LogP contribution in [0.3, 0.4) is 0 Å². The largest absolute Gasteiger partial charge is 0.367 e. The molecule has 0 amide bonds. The molecule has 100 valence electrons. The molecule has 0 radical (unpaired) electrons. The minimum Gasteiger partial charge on any atom is -0.367 e. The van der Waals surface area contributed by atoms with Crippen LogP contribution >= 0.6 is 0 Å². The Morgan fingerprint density at radius 1 is 1.20 bits per heavy atom. The zero-order valence-electron chi connectivity index (χ0n) is 10.8. The molecule has 0 aliphatic rings. The van der Waals surface area contributed by atoms with Crippen LogP contribution in [-0.2, 0) is 0 Å². The lowest BCUT2D eigenvalue weighted by Gasteiger charge is -2.03. The van der Waals surface area contributed by atoms with E-state index >= 15 is 0 Å². The number of nitrogens with two attached hydrogens (primary N) is 1. The van der Waals surface area contributed by atoms with Crippen LogP contribution in [0.1, 0.15) is 5.56 Å². The van der Waals surface area contributed by atoms with Crippen molar-refractivity contribution in [3.05, 3.63) is 54.0 Å². The first-order chi connectivity index (χ1) is 9.65. The predicted octanol–water partition coefficient (Wildman–Crippen LogP) is 3.43. The molecule has 0 unspecified atom stereocenters. The second kappa shape index (κ2) is 4.77. The SMILES string of the molecule is Cc1cc(F)cc(-c2noc(N)c2-c2ccccn2)c1. The Bertz CT molecular complexity index is 733. The van der Waals surface area contributed by atoms with Gasteiger partial charge in [0.15, 0.2) is 0 Å². The summed E-state index contributed by atoms with van der Waals surface area (Å²) in [5.41, 5.74) is 8.95. The molecule has 0 atom stereocenters. The highest BCUT2D eigenvalue weighted by Crippen LogP contribution is 2.35. The minimum absolute atomic E-state index is 0.167. The summed E-state index contributed by atoms with van der Waals surface area (Å²) in [5, 5.41) is 3.94. The number of aryl methyl sites for hydroxylation is 1. The summed E-state index contributed by atoms with van der Waals surface area (Å²) in [6, 6.07) is 10.1. The molecule has 0 saturated heterocycles. The topological polar surface area (TPSA) is 64.9 Å². The summed E-state index contributed by atoms with van der Waals surface area (Å²) in [7, 11) is 0. The molecule has 5 heteroatoms. The van der Waals surface area contributed by atoms with Gasteiger partial charge in [0.05, 0.1) is 11.3 Å². The van der Waals surface area contributed by atoms with Gasteiger partial charge in [-0.15, -0.1) is 0 Å². The summed E-state index contributed by atoms with van der Waals surface area (Å²) < 4.78 is 18.6. The fourth-order valence-electron chi connectivity index (χ4n) is 2.13. The Kier molecular flexibility index (Phi) is 2.95. The number of pyridine rings is 1. The predicted molar refractivity (Wildman–Crippen MR) is 74.3 cm³/mol. The molecule has 0 saturated carbocycles. The molecular weight excluding hydrogens is 257 g/mol. The smallest absolute Gasteiger partial charge is 0.232 e. The van der Waals surface area contributed by atoms with Gasteiger partial charge in [0, 0.05) is 11.8 Å². The zero-order valence-corrected chi connectivity index (χ0v) is 10.8. The lowest BCUT2D eigenvalue weighted by Crippen LogP contribution is -1.91. The summed E-state index contributed by atoms with van der Waals surface area (Å²) in [6.07, 6.45) is 1.66. The maximum absolute atomic E-state index is 13.5. The van der Waals surface area contributed by atoms with Gasteiger partial charge in [-0.25, -0.2) is 4.39 Å². The normalized spacial score (nSPS) is 10.7. The Morgan fingerprint density at radius 3 is 2.75 bits per heavy atom. The van der Waals surface area contributed by atoms with E-state index in [0.29, 0.717) is 22.5 Å². The van der Waals surface area contributed by atoms with Gasteiger partial charge in [-0.2, -0.15) is 0 Å². The molecule has 20 heavy (non-hydrogen) atoms. The van der Waals surface area contributed by atoms with E-state index in [0.717, 1.165) is 5.56 Å². The van der Waals surface area contributed by atoms with Gasteiger partial charge < -0.3 is 10.3 Å². The minimum atomic E-state index is -0.325. The molecular formula is C15H12FN3O. The van der Waals surface area contributed by atoms with Gasteiger partial charge in [0.25, 0.3) is 0 Å². The maximum Gasteiger partial charge on any atom is 0.232 e. The van der Waals surface area contributed by atoms with Gasteiger partial charge in [-0.3, -0.25) is 4.98 Å². The molecule has 3 rings (SSSR count). The Hall–Kier alpha value is -2.69. The quantitative estimate of drug-likeness (QED) is 0.774. The van der Waals surface area contributed by atoms with Crippen molar-refractivity contribution in [2.75, 3.05) is 5.73 Å². The maximum atomic E-state index is 13.5. The van der Waals surface area contributed by atoms with Crippen LogP contribution in [0.15, 0.2) is 47.1 Å². The number of anilines is 1. The van der Waals surface area contributed by atoms with Gasteiger partial charge in [-0.05, 0) is 42.8 Å². The van der Waals surface area contributed by atoms with Crippen LogP contribution in [0.25, 0.3) is 22.5 Å². The molecule has 0 fully saturated rings. The number of halogens is 1. The highest BCUT2D eigenvalue weighted by atomic mass is 19.1. The van der Waals surface area contributed by atoms with E-state index in [4.69, 9.17) is 10.3 Å². The second-order valence-corrected chi connectivity index (χ2v) is 4.50. The van der Waals surface area contributed by atoms with Gasteiger partial charge in [0.1, 0.15) is 11.5 Å². The third kappa shape index (κ3) is 2.14. The number of rotatable bonds is 2. The average molecular weight is 269 g/mol. The van der Waals surface area contributed by atoms with Crippen LogP contribution < -0.4 is 5.73 Å². The van der Waals surface area contributed by atoms with E-state index in [2.05, 4.69) is 10.1 Å². The first kappa shape index (κ1) is 12.3. The molecule has 2 heterocycles. The Balaban J connectivity index is 2.21. The van der Waals surface area contributed by atoms with Crippen molar-refractivity contribution in [1.29, 1.82) is 0 Å². The van der Waals surface area contributed by atoms with E-state index in [1.54, 1.807) is 18.3 Å². The fraction of sp³-hybridized carbons (Fsp3) is 0.0667. The van der Waals surface area contributed by atoms with Crippen molar-refractivity contribution in [2.24, 2.45) is 0 Å². The number of aromatic nitrogens is 2. The molecule has 0 spiro atoms. The lowest BCUT2D eigenvalue weighted by atomic mass is 10.0. The Labute approximate surface area is 115 Å². The standard InChI is InChI=1S/C15H12FN3O/c1-9-6-10(8-11(16)7-9)14-13(15(17)20-19-14)12-4-2-3-5-18-12/h2-8H,17H2,1H3. The summed E-state index contributed by atoms with van der Waals surface area (Å²) in [5.74, 6) is -0.158. The third-order valence-corrected chi connectivity index (χ3v) is 2.96. The van der Waals surface area contributed by atoms with E-state index in [9.17, 15) is 4.39 Å². The van der Waals surface area contributed by atoms with E-state index in [1.807, 2.05) is 19.1 Å². The number of hydrogen-bond acceptors (Lipinski definition) is 4. The molecule has 1 aromatic carbocycles. The first-order valence-corrected chi connectivity index (χ1v) is 6.09. The molecule has 0 aliphatic heterocycles. The van der Waals surface area contributed by atoms with Crippen molar-refractivity contribution < 1.29 is 8.91 Å². The summed E-state index contributed by atoms with van der Waals surface area (Å²) >= 11 is 0. The highest BCUT2D eigenvalue weighted by Gasteiger charge is 2.18. The average Bonchev–Trinajstić information content (AvgIpc) is 2.80. The van der Waals surface area contributed by atoms with Crippen molar-refractivity contribution in [2.45, 2.75) is 6.92 Å². The molecule has 3 aromatic rings.